The molecular formula is C15H20N4S. The minimum Gasteiger partial charge on any atom is -0.383 e. The highest BCUT2D eigenvalue weighted by atomic mass is 32.2. The molecule has 0 spiro atoms. The van der Waals surface area contributed by atoms with E-state index >= 15 is 0 Å². The lowest BCUT2D eigenvalue weighted by atomic mass is 10.2. The quantitative estimate of drug-likeness (QED) is 0.937. The first-order valence-corrected chi connectivity index (χ1v) is 8.41. The number of hydrogen-bond donors (Lipinski definition) is 1. The van der Waals surface area contributed by atoms with Crippen molar-refractivity contribution in [1.82, 2.24) is 14.9 Å². The summed E-state index contributed by atoms with van der Waals surface area (Å²) in [5, 5.41) is 0.943. The number of benzene rings is 1. The first kappa shape index (κ1) is 13.6. The van der Waals surface area contributed by atoms with Crippen LogP contribution in [0.2, 0.25) is 0 Å². The summed E-state index contributed by atoms with van der Waals surface area (Å²) in [6.45, 7) is 1.95. The Labute approximate surface area is 123 Å². The molecule has 5 heteroatoms. The van der Waals surface area contributed by atoms with Crippen LogP contribution in [-0.2, 0) is 6.54 Å². The summed E-state index contributed by atoms with van der Waals surface area (Å²) >= 11 is 1.91. The van der Waals surface area contributed by atoms with Gasteiger partial charge in [0.1, 0.15) is 11.6 Å². The summed E-state index contributed by atoms with van der Waals surface area (Å²) < 4.78 is 0. The Morgan fingerprint density at radius 2 is 2.20 bits per heavy atom. The lowest BCUT2D eigenvalue weighted by Crippen LogP contribution is -2.31. The van der Waals surface area contributed by atoms with Crippen LogP contribution in [0.15, 0.2) is 24.3 Å². The van der Waals surface area contributed by atoms with E-state index in [4.69, 9.17) is 5.73 Å². The maximum atomic E-state index is 6.05. The molecule has 0 aliphatic carbocycles. The molecule has 1 saturated heterocycles. The molecule has 0 bridgehead atoms. The Bertz CT molecular complexity index is 601. The van der Waals surface area contributed by atoms with E-state index in [1.165, 1.54) is 18.6 Å². The van der Waals surface area contributed by atoms with Crippen molar-refractivity contribution in [3.8, 4) is 0 Å². The summed E-state index contributed by atoms with van der Waals surface area (Å²) in [7, 11) is 0. The van der Waals surface area contributed by atoms with Gasteiger partial charge in [-0.1, -0.05) is 12.1 Å². The highest BCUT2D eigenvalue weighted by Gasteiger charge is 2.24. The monoisotopic (exact) mass is 288 g/mol. The number of thioether (sulfide) groups is 1. The number of nitrogen functional groups attached to an aromatic ring is 1. The van der Waals surface area contributed by atoms with Crippen molar-refractivity contribution < 1.29 is 0 Å². The molecule has 0 saturated carbocycles. The van der Waals surface area contributed by atoms with Gasteiger partial charge >= 0.3 is 0 Å². The van der Waals surface area contributed by atoms with Crippen LogP contribution in [-0.4, -0.2) is 39.5 Å². The number of nitrogens with two attached hydrogens (primary N) is 1. The number of likely N-dealkylation sites (tertiary alicyclic amines) is 1. The van der Waals surface area contributed by atoms with Crippen LogP contribution in [0.3, 0.4) is 0 Å². The molecule has 106 valence electrons. The largest absolute Gasteiger partial charge is 0.383 e. The lowest BCUT2D eigenvalue weighted by Gasteiger charge is -2.23. The first-order chi connectivity index (χ1) is 9.78. The Hall–Kier alpha value is -1.33. The van der Waals surface area contributed by atoms with Gasteiger partial charge in [0.05, 0.1) is 12.1 Å². The van der Waals surface area contributed by atoms with Gasteiger partial charge in [-0.15, -0.1) is 0 Å². The van der Waals surface area contributed by atoms with Gasteiger partial charge in [0.15, 0.2) is 0 Å². The van der Waals surface area contributed by atoms with Crippen molar-refractivity contribution in [2.24, 2.45) is 0 Å². The first-order valence-electron chi connectivity index (χ1n) is 7.02. The van der Waals surface area contributed by atoms with Gasteiger partial charge in [0.25, 0.3) is 0 Å². The van der Waals surface area contributed by atoms with E-state index in [1.807, 2.05) is 36.0 Å². The predicted molar refractivity (Wildman–Crippen MR) is 85.8 cm³/mol. The number of hydrogen-bond acceptors (Lipinski definition) is 5. The molecule has 1 atom stereocenters. The van der Waals surface area contributed by atoms with Crippen LogP contribution < -0.4 is 5.73 Å². The number of aromatic nitrogens is 2. The fourth-order valence-electron chi connectivity index (χ4n) is 2.89. The number of fused-ring (bicyclic) bond motifs is 1. The third kappa shape index (κ3) is 2.74. The van der Waals surface area contributed by atoms with Gasteiger partial charge in [-0.05, 0) is 37.8 Å². The third-order valence-electron chi connectivity index (χ3n) is 3.88. The number of anilines is 1. The van der Waals surface area contributed by atoms with Gasteiger partial charge < -0.3 is 5.73 Å². The second kappa shape index (κ2) is 5.97. The van der Waals surface area contributed by atoms with E-state index < -0.39 is 0 Å². The molecule has 0 radical (unpaired) electrons. The molecule has 1 aromatic carbocycles. The smallest absolute Gasteiger partial charge is 0.145 e. The zero-order valence-corrected chi connectivity index (χ0v) is 12.6. The van der Waals surface area contributed by atoms with E-state index in [9.17, 15) is 0 Å². The Morgan fingerprint density at radius 1 is 1.35 bits per heavy atom. The average molecular weight is 288 g/mol. The maximum absolute atomic E-state index is 6.05. The molecule has 4 nitrogen and oxygen atoms in total. The molecule has 2 aromatic rings. The van der Waals surface area contributed by atoms with Gasteiger partial charge in [-0.3, -0.25) is 4.90 Å². The topological polar surface area (TPSA) is 55.0 Å². The molecule has 1 aliphatic rings. The Kier molecular flexibility index (Phi) is 4.08. The van der Waals surface area contributed by atoms with Crippen LogP contribution in [0.5, 0.6) is 0 Å². The van der Waals surface area contributed by atoms with Crippen molar-refractivity contribution in [3.05, 3.63) is 30.1 Å². The van der Waals surface area contributed by atoms with Crippen LogP contribution >= 0.6 is 11.8 Å². The average Bonchev–Trinajstić information content (AvgIpc) is 2.87. The van der Waals surface area contributed by atoms with Crippen LogP contribution in [0, 0.1) is 0 Å². The summed E-state index contributed by atoms with van der Waals surface area (Å²) in [4.78, 5) is 11.6. The molecule has 3 rings (SSSR count). The maximum Gasteiger partial charge on any atom is 0.145 e. The third-order valence-corrected chi connectivity index (χ3v) is 4.60. The SMILES string of the molecule is CSC[C@H]1CCCN1Cc1nc(N)c2ccccc2n1. The van der Waals surface area contributed by atoms with Crippen LogP contribution in [0.25, 0.3) is 10.9 Å². The van der Waals surface area contributed by atoms with Crippen molar-refractivity contribution in [2.45, 2.75) is 25.4 Å². The molecule has 1 aromatic heterocycles. The van der Waals surface area contributed by atoms with Crippen LogP contribution in [0.1, 0.15) is 18.7 Å². The van der Waals surface area contributed by atoms with E-state index in [1.54, 1.807) is 0 Å². The zero-order chi connectivity index (χ0) is 13.9. The normalized spacial score (nSPS) is 19.8. The molecule has 20 heavy (non-hydrogen) atoms. The summed E-state index contributed by atoms with van der Waals surface area (Å²) in [6.07, 6.45) is 4.72. The van der Waals surface area contributed by atoms with Crippen molar-refractivity contribution >= 4 is 28.5 Å². The zero-order valence-electron chi connectivity index (χ0n) is 11.7. The molecule has 0 amide bonds. The molecule has 1 fully saturated rings. The Balaban J connectivity index is 1.84. The second-order valence-corrected chi connectivity index (χ2v) is 6.17. The minimum atomic E-state index is 0.589. The molecular weight excluding hydrogens is 268 g/mol. The highest BCUT2D eigenvalue weighted by Crippen LogP contribution is 2.23. The fourth-order valence-corrected chi connectivity index (χ4v) is 3.65. The number of para-hydroxylation sites is 1. The number of nitrogens with zero attached hydrogens (tertiary/aromatic N) is 3. The summed E-state index contributed by atoms with van der Waals surface area (Å²) in [6, 6.07) is 8.59. The number of rotatable bonds is 4. The summed E-state index contributed by atoms with van der Waals surface area (Å²) in [5.41, 5.74) is 6.99. The van der Waals surface area contributed by atoms with Crippen molar-refractivity contribution in [3.63, 3.8) is 0 Å². The molecule has 1 aliphatic heterocycles. The lowest BCUT2D eigenvalue weighted by molar-refractivity contribution is 0.258. The van der Waals surface area contributed by atoms with E-state index in [2.05, 4.69) is 21.1 Å². The minimum absolute atomic E-state index is 0.589. The van der Waals surface area contributed by atoms with Gasteiger partial charge in [-0.2, -0.15) is 11.8 Å². The van der Waals surface area contributed by atoms with E-state index in [0.717, 1.165) is 29.8 Å². The predicted octanol–water partition coefficient (Wildman–Crippen LogP) is 2.54. The molecule has 2 N–H and O–H groups in total. The van der Waals surface area contributed by atoms with Crippen LogP contribution in [0.4, 0.5) is 5.82 Å². The Morgan fingerprint density at radius 3 is 3.05 bits per heavy atom. The van der Waals surface area contributed by atoms with E-state index in [-0.39, 0.29) is 0 Å². The second-order valence-electron chi connectivity index (χ2n) is 5.26. The van der Waals surface area contributed by atoms with Gasteiger partial charge in [0.2, 0.25) is 0 Å². The summed E-state index contributed by atoms with van der Waals surface area (Å²) in [5.74, 6) is 2.61. The van der Waals surface area contributed by atoms with Crippen molar-refractivity contribution in [1.29, 1.82) is 0 Å². The standard InChI is InChI=1S/C15H20N4S/c1-20-10-11-5-4-8-19(11)9-14-17-13-7-3-2-6-12(13)15(16)18-14/h2-3,6-7,11H,4-5,8-10H2,1H3,(H2,16,17,18)/t11-/m1/s1. The molecule has 2 heterocycles. The van der Waals surface area contributed by atoms with Gasteiger partial charge in [0, 0.05) is 17.2 Å². The highest BCUT2D eigenvalue weighted by molar-refractivity contribution is 7.98. The molecule has 0 unspecified atom stereocenters. The fraction of sp³-hybridized carbons (Fsp3) is 0.467. The van der Waals surface area contributed by atoms with Crippen molar-refractivity contribution in [2.75, 3.05) is 24.3 Å². The van der Waals surface area contributed by atoms with Gasteiger partial charge in [-0.25, -0.2) is 9.97 Å². The van der Waals surface area contributed by atoms with E-state index in [0.29, 0.717) is 11.9 Å².